The van der Waals surface area contributed by atoms with E-state index in [4.69, 9.17) is 9.98 Å². The first-order valence-electron chi connectivity index (χ1n) is 16.8. The van der Waals surface area contributed by atoms with Crippen LogP contribution in [0.2, 0.25) is 0 Å². The van der Waals surface area contributed by atoms with E-state index in [0.717, 1.165) is 53.5 Å². The Morgan fingerprint density at radius 2 is 0.809 bits per heavy atom. The fourth-order valence-corrected chi connectivity index (χ4v) is 6.52. The van der Waals surface area contributed by atoms with Crippen molar-refractivity contribution < 1.29 is 0 Å². The Hall–Kier alpha value is -4.70. The number of nitrogens with one attached hydrogen (secondary N) is 2. The number of aromatic amines is 2. The maximum atomic E-state index is 5.18. The molecule has 0 saturated carbocycles. The number of aliphatic imine (C=N–C) groups is 2. The molecule has 4 heterocycles. The van der Waals surface area contributed by atoms with E-state index in [2.05, 4.69) is 140 Å². The number of aromatic nitrogens is 2. The van der Waals surface area contributed by atoms with Gasteiger partial charge in [0.05, 0.1) is 22.8 Å². The van der Waals surface area contributed by atoms with Gasteiger partial charge in [-0.05, 0) is 137 Å². The normalized spacial score (nSPS) is 16.7. The number of nitrogens with zero attached hydrogens (tertiary/aromatic N) is 2. The number of allylic oxidation sites excluding steroid dienone is 4. The van der Waals surface area contributed by atoms with Crippen LogP contribution in [0.5, 0.6) is 0 Å². The summed E-state index contributed by atoms with van der Waals surface area (Å²) < 4.78 is 0. The zero-order chi connectivity index (χ0) is 33.6. The lowest BCUT2D eigenvalue weighted by Crippen LogP contribution is -2.07. The number of rotatable bonds is 8. The van der Waals surface area contributed by atoms with E-state index < -0.39 is 0 Å². The van der Waals surface area contributed by atoms with E-state index in [-0.39, 0.29) is 0 Å². The number of H-pyrrole nitrogens is 2. The third kappa shape index (κ3) is 6.47. The van der Waals surface area contributed by atoms with Gasteiger partial charge in [0.1, 0.15) is 0 Å². The molecule has 0 saturated heterocycles. The predicted molar refractivity (Wildman–Crippen MR) is 201 cm³/mol. The first-order valence-corrected chi connectivity index (χ1v) is 16.8. The highest BCUT2D eigenvalue weighted by molar-refractivity contribution is 6.21. The third-order valence-electron chi connectivity index (χ3n) is 10.6. The molecular formula is C43H48N4. The predicted octanol–water partition coefficient (Wildman–Crippen LogP) is 10.7. The molecule has 2 aromatic heterocycles. The van der Waals surface area contributed by atoms with Crippen molar-refractivity contribution in [1.82, 2.24) is 9.97 Å². The molecule has 2 aliphatic rings. The van der Waals surface area contributed by atoms with Gasteiger partial charge >= 0.3 is 0 Å². The van der Waals surface area contributed by atoms with Gasteiger partial charge in [0.15, 0.2) is 0 Å². The minimum atomic E-state index is 0.726. The Labute approximate surface area is 280 Å². The summed E-state index contributed by atoms with van der Waals surface area (Å²) in [5.74, 6) is 0. The highest BCUT2D eigenvalue weighted by Crippen LogP contribution is 2.34. The van der Waals surface area contributed by atoms with Crippen molar-refractivity contribution in [2.45, 2.75) is 88.5 Å². The van der Waals surface area contributed by atoms with Crippen LogP contribution in [-0.4, -0.2) is 21.4 Å². The van der Waals surface area contributed by atoms with E-state index in [9.17, 15) is 0 Å². The van der Waals surface area contributed by atoms with Gasteiger partial charge in [-0.3, -0.25) is 9.98 Å². The van der Waals surface area contributed by atoms with Crippen LogP contribution in [0.4, 0.5) is 0 Å². The molecule has 0 fully saturated rings. The SMILES string of the molecule is CC1=C(C)/C(=C/c2[nH]c(Cc3ccc(C)cc3)c(C)c2C)N=C1CC1=N/C(=C/c2[nH]c(Cc3ccc(C)cc3)c(C)c2C)C(C)=C1C. The minimum absolute atomic E-state index is 0.726. The van der Waals surface area contributed by atoms with Crippen LogP contribution in [0.15, 0.2) is 92.2 Å². The summed E-state index contributed by atoms with van der Waals surface area (Å²) in [6, 6.07) is 17.6. The van der Waals surface area contributed by atoms with Crippen molar-refractivity contribution in [2.24, 2.45) is 9.98 Å². The van der Waals surface area contributed by atoms with E-state index in [1.165, 1.54) is 78.2 Å². The smallest absolute Gasteiger partial charge is 0.0686 e. The van der Waals surface area contributed by atoms with E-state index in [1.54, 1.807) is 0 Å². The number of aryl methyl sites for hydroxylation is 2. The highest BCUT2D eigenvalue weighted by Gasteiger charge is 2.24. The topological polar surface area (TPSA) is 56.3 Å². The summed E-state index contributed by atoms with van der Waals surface area (Å²) in [6.45, 7) is 21.9. The Morgan fingerprint density at radius 1 is 0.447 bits per heavy atom. The second-order valence-corrected chi connectivity index (χ2v) is 13.7. The second-order valence-electron chi connectivity index (χ2n) is 13.7. The molecular weight excluding hydrogens is 573 g/mol. The van der Waals surface area contributed by atoms with Gasteiger partial charge < -0.3 is 9.97 Å². The zero-order valence-electron chi connectivity index (χ0n) is 29.8. The van der Waals surface area contributed by atoms with Gasteiger partial charge in [-0.15, -0.1) is 0 Å². The van der Waals surface area contributed by atoms with Crippen LogP contribution in [0, 0.1) is 41.5 Å². The number of hydrogen-bond donors (Lipinski definition) is 2. The number of benzene rings is 2. The average molecular weight is 621 g/mol. The maximum Gasteiger partial charge on any atom is 0.0686 e. The molecule has 4 aromatic rings. The molecule has 4 nitrogen and oxygen atoms in total. The van der Waals surface area contributed by atoms with Crippen molar-refractivity contribution in [3.05, 3.63) is 150 Å². The summed E-state index contributed by atoms with van der Waals surface area (Å²) in [5, 5.41) is 0. The summed E-state index contributed by atoms with van der Waals surface area (Å²) >= 11 is 0. The van der Waals surface area contributed by atoms with E-state index >= 15 is 0 Å². The molecule has 0 aliphatic carbocycles. The lowest BCUT2D eigenvalue weighted by atomic mass is 9.99. The lowest BCUT2D eigenvalue weighted by molar-refractivity contribution is 1.08. The third-order valence-corrected chi connectivity index (χ3v) is 10.6. The quantitative estimate of drug-likeness (QED) is 0.197. The molecule has 0 unspecified atom stereocenters. The Balaban J connectivity index is 1.23. The van der Waals surface area contributed by atoms with Crippen molar-refractivity contribution >= 4 is 23.6 Å². The standard InChI is InChI=1S/C43H48N4/c1-24-11-15-34(16-12-24)19-36-26(3)28(5)38(44-36)21-40-30(7)32(9)42(46-40)23-43-33(10)31(8)41(47-43)22-39-29(6)27(4)37(45-39)20-35-17-13-25(2)14-18-35/h11-18,21-22,44-45H,19-20,23H2,1-10H3/b40-21-,41-22+. The van der Waals surface area contributed by atoms with Crippen molar-refractivity contribution in [3.8, 4) is 0 Å². The monoisotopic (exact) mass is 620 g/mol. The largest absolute Gasteiger partial charge is 0.358 e. The molecule has 0 radical (unpaired) electrons. The van der Waals surface area contributed by atoms with Crippen LogP contribution in [0.1, 0.15) is 101 Å². The maximum absolute atomic E-state index is 5.18. The summed E-state index contributed by atoms with van der Waals surface area (Å²) in [6.07, 6.45) is 6.98. The molecule has 0 bridgehead atoms. The fraction of sp³-hybridized carbons (Fsp3) is 0.302. The lowest BCUT2D eigenvalue weighted by Gasteiger charge is -2.04. The average Bonchev–Trinajstić information content (AvgIpc) is 3.67. The van der Waals surface area contributed by atoms with Crippen LogP contribution >= 0.6 is 0 Å². The van der Waals surface area contributed by atoms with Crippen LogP contribution in [-0.2, 0) is 12.8 Å². The van der Waals surface area contributed by atoms with Crippen molar-refractivity contribution in [1.29, 1.82) is 0 Å². The molecule has 2 aliphatic heterocycles. The van der Waals surface area contributed by atoms with Gasteiger partial charge in [-0.25, -0.2) is 0 Å². The highest BCUT2D eigenvalue weighted by atomic mass is 14.8. The molecule has 0 amide bonds. The van der Waals surface area contributed by atoms with Gasteiger partial charge in [0, 0.05) is 42.0 Å². The van der Waals surface area contributed by atoms with Gasteiger partial charge in [-0.2, -0.15) is 0 Å². The molecule has 47 heavy (non-hydrogen) atoms. The van der Waals surface area contributed by atoms with Crippen molar-refractivity contribution in [3.63, 3.8) is 0 Å². The molecule has 2 aromatic carbocycles. The molecule has 2 N–H and O–H groups in total. The van der Waals surface area contributed by atoms with Gasteiger partial charge in [-0.1, -0.05) is 59.7 Å². The van der Waals surface area contributed by atoms with E-state index in [1.807, 2.05) is 0 Å². The second kappa shape index (κ2) is 12.8. The first kappa shape index (κ1) is 32.2. The minimum Gasteiger partial charge on any atom is -0.358 e. The summed E-state index contributed by atoms with van der Waals surface area (Å²) in [7, 11) is 0. The van der Waals surface area contributed by atoms with Gasteiger partial charge in [0.2, 0.25) is 0 Å². The molecule has 240 valence electrons. The molecule has 0 spiro atoms. The van der Waals surface area contributed by atoms with E-state index in [0.29, 0.717) is 0 Å². The van der Waals surface area contributed by atoms with Crippen LogP contribution in [0.3, 0.4) is 0 Å². The molecule has 6 rings (SSSR count). The Morgan fingerprint density at radius 3 is 1.17 bits per heavy atom. The fourth-order valence-electron chi connectivity index (χ4n) is 6.52. The summed E-state index contributed by atoms with van der Waals surface area (Å²) in [4.78, 5) is 17.8. The Kier molecular flexibility index (Phi) is 8.80. The summed E-state index contributed by atoms with van der Waals surface area (Å²) in [5.41, 5.74) is 24.5. The zero-order valence-corrected chi connectivity index (χ0v) is 29.8. The van der Waals surface area contributed by atoms with Crippen LogP contribution in [0.25, 0.3) is 12.2 Å². The van der Waals surface area contributed by atoms with Crippen molar-refractivity contribution in [2.75, 3.05) is 0 Å². The number of hydrogen-bond acceptors (Lipinski definition) is 2. The molecule has 4 heteroatoms. The first-order chi connectivity index (χ1) is 22.4. The van der Waals surface area contributed by atoms with Gasteiger partial charge in [0.25, 0.3) is 0 Å². The van der Waals surface area contributed by atoms with Crippen LogP contribution < -0.4 is 0 Å². The molecule has 0 atom stereocenters. The Bertz CT molecular complexity index is 1910.